The Kier molecular flexibility index (Phi) is 3.95. The largest absolute Gasteiger partial charge is 0.340 e. The Hall–Kier alpha value is -2.01. The van der Waals surface area contributed by atoms with Crippen LogP contribution < -0.4 is 4.90 Å². The molecular weight excluding hydrogens is 286 g/mol. The van der Waals surface area contributed by atoms with Crippen LogP contribution in [0.15, 0.2) is 43.0 Å². The van der Waals surface area contributed by atoms with E-state index < -0.39 is 0 Å². The summed E-state index contributed by atoms with van der Waals surface area (Å²) in [7, 11) is 0. The number of rotatable bonds is 3. The number of aromatic nitrogens is 3. The SMILES string of the molecule is c1cnc(N2CCCC3(CCN(Cc4cccnc4)C3)C2)nc1. The van der Waals surface area contributed by atoms with E-state index in [4.69, 9.17) is 0 Å². The van der Waals surface area contributed by atoms with Crippen LogP contribution in [0.5, 0.6) is 0 Å². The van der Waals surface area contributed by atoms with Crippen molar-refractivity contribution in [2.24, 2.45) is 5.41 Å². The van der Waals surface area contributed by atoms with Crippen molar-refractivity contribution < 1.29 is 0 Å². The van der Waals surface area contributed by atoms with Gasteiger partial charge in [-0.05, 0) is 43.5 Å². The van der Waals surface area contributed by atoms with Gasteiger partial charge in [-0.2, -0.15) is 0 Å². The average Bonchev–Trinajstić information content (AvgIpc) is 2.98. The van der Waals surface area contributed by atoms with Gasteiger partial charge in [0, 0.05) is 56.4 Å². The summed E-state index contributed by atoms with van der Waals surface area (Å²) in [5, 5.41) is 0. The highest BCUT2D eigenvalue weighted by molar-refractivity contribution is 5.30. The maximum Gasteiger partial charge on any atom is 0.225 e. The molecule has 2 aromatic rings. The number of piperidine rings is 1. The van der Waals surface area contributed by atoms with Gasteiger partial charge < -0.3 is 4.90 Å². The van der Waals surface area contributed by atoms with Crippen molar-refractivity contribution in [2.75, 3.05) is 31.1 Å². The van der Waals surface area contributed by atoms with E-state index in [1.165, 1.54) is 37.9 Å². The maximum absolute atomic E-state index is 4.44. The second kappa shape index (κ2) is 6.24. The summed E-state index contributed by atoms with van der Waals surface area (Å²) in [6.07, 6.45) is 11.3. The van der Waals surface area contributed by atoms with Crippen molar-refractivity contribution in [3.05, 3.63) is 48.5 Å². The van der Waals surface area contributed by atoms with Crippen molar-refractivity contribution in [3.63, 3.8) is 0 Å². The molecule has 4 rings (SSSR count). The van der Waals surface area contributed by atoms with Crippen LogP contribution in [0.2, 0.25) is 0 Å². The third-order valence-corrected chi connectivity index (χ3v) is 5.14. The van der Waals surface area contributed by atoms with E-state index >= 15 is 0 Å². The first-order chi connectivity index (χ1) is 11.3. The fourth-order valence-electron chi connectivity index (χ4n) is 4.08. The zero-order valence-corrected chi connectivity index (χ0v) is 13.4. The molecule has 0 bridgehead atoms. The molecule has 1 spiro atoms. The molecule has 0 N–H and O–H groups in total. The molecule has 23 heavy (non-hydrogen) atoms. The Morgan fingerprint density at radius 2 is 1.91 bits per heavy atom. The van der Waals surface area contributed by atoms with Crippen LogP contribution in [0.3, 0.4) is 0 Å². The monoisotopic (exact) mass is 309 g/mol. The van der Waals surface area contributed by atoms with Gasteiger partial charge >= 0.3 is 0 Å². The summed E-state index contributed by atoms with van der Waals surface area (Å²) < 4.78 is 0. The molecule has 4 heterocycles. The molecule has 0 radical (unpaired) electrons. The van der Waals surface area contributed by atoms with Crippen LogP contribution in [-0.2, 0) is 6.54 Å². The normalized spacial score (nSPS) is 25.1. The van der Waals surface area contributed by atoms with Crippen LogP contribution >= 0.6 is 0 Å². The minimum absolute atomic E-state index is 0.402. The predicted octanol–water partition coefficient (Wildman–Crippen LogP) is 2.36. The van der Waals surface area contributed by atoms with E-state index in [0.29, 0.717) is 5.41 Å². The molecule has 2 aromatic heterocycles. The van der Waals surface area contributed by atoms with Gasteiger partial charge in [-0.25, -0.2) is 9.97 Å². The second-order valence-electron chi connectivity index (χ2n) is 6.90. The van der Waals surface area contributed by atoms with Gasteiger partial charge in [-0.1, -0.05) is 6.07 Å². The molecule has 2 saturated heterocycles. The molecule has 120 valence electrons. The minimum Gasteiger partial charge on any atom is -0.340 e. The van der Waals surface area contributed by atoms with Gasteiger partial charge in [-0.15, -0.1) is 0 Å². The highest BCUT2D eigenvalue weighted by Gasteiger charge is 2.41. The molecule has 0 aromatic carbocycles. The average molecular weight is 309 g/mol. The standard InChI is InChI=1S/C18H23N5/c1-4-16(12-19-7-1)13-22-11-6-18(14-22)5-2-10-23(15-18)17-20-8-3-9-21-17/h1,3-4,7-9,12H,2,5-6,10-11,13-15H2. The Morgan fingerprint density at radius 3 is 2.74 bits per heavy atom. The lowest BCUT2D eigenvalue weighted by Crippen LogP contribution is -2.45. The number of nitrogens with zero attached hydrogens (tertiary/aromatic N) is 5. The number of hydrogen-bond acceptors (Lipinski definition) is 5. The summed E-state index contributed by atoms with van der Waals surface area (Å²) >= 11 is 0. The van der Waals surface area contributed by atoms with Crippen molar-refractivity contribution >= 4 is 5.95 Å². The molecular formula is C18H23N5. The van der Waals surface area contributed by atoms with Crippen molar-refractivity contribution in [2.45, 2.75) is 25.8 Å². The molecule has 5 heteroatoms. The number of pyridine rings is 1. The zero-order valence-electron chi connectivity index (χ0n) is 13.4. The Bertz CT molecular complexity index is 632. The lowest BCUT2D eigenvalue weighted by Gasteiger charge is -2.40. The highest BCUT2D eigenvalue weighted by atomic mass is 15.3. The van der Waals surface area contributed by atoms with Gasteiger partial charge in [-0.3, -0.25) is 9.88 Å². The van der Waals surface area contributed by atoms with Gasteiger partial charge in [0.25, 0.3) is 0 Å². The summed E-state index contributed by atoms with van der Waals surface area (Å²) in [6.45, 7) is 5.52. The number of hydrogen-bond donors (Lipinski definition) is 0. The summed E-state index contributed by atoms with van der Waals surface area (Å²) in [4.78, 5) is 18.1. The van der Waals surface area contributed by atoms with E-state index in [2.05, 4.69) is 30.8 Å². The Labute approximate surface area is 137 Å². The van der Waals surface area contributed by atoms with Crippen LogP contribution in [-0.4, -0.2) is 46.0 Å². The van der Waals surface area contributed by atoms with Crippen molar-refractivity contribution in [1.82, 2.24) is 19.9 Å². The van der Waals surface area contributed by atoms with Crippen molar-refractivity contribution in [3.8, 4) is 0 Å². The first kappa shape index (κ1) is 14.6. The third-order valence-electron chi connectivity index (χ3n) is 5.14. The summed E-state index contributed by atoms with van der Waals surface area (Å²) in [6, 6.07) is 6.08. The predicted molar refractivity (Wildman–Crippen MR) is 90.0 cm³/mol. The van der Waals surface area contributed by atoms with Gasteiger partial charge in [0.15, 0.2) is 0 Å². The van der Waals surface area contributed by atoms with Gasteiger partial charge in [0.1, 0.15) is 0 Å². The van der Waals surface area contributed by atoms with Crippen molar-refractivity contribution in [1.29, 1.82) is 0 Å². The Balaban J connectivity index is 1.43. The molecule has 1 atom stereocenters. The summed E-state index contributed by atoms with van der Waals surface area (Å²) in [5.74, 6) is 0.886. The molecule has 2 fully saturated rings. The second-order valence-corrected chi connectivity index (χ2v) is 6.90. The smallest absolute Gasteiger partial charge is 0.225 e. The highest BCUT2D eigenvalue weighted by Crippen LogP contribution is 2.40. The van der Waals surface area contributed by atoms with Crippen LogP contribution in [0.1, 0.15) is 24.8 Å². The van der Waals surface area contributed by atoms with Crippen LogP contribution in [0, 0.1) is 5.41 Å². The molecule has 2 aliphatic rings. The zero-order chi connectivity index (χ0) is 15.5. The van der Waals surface area contributed by atoms with E-state index in [0.717, 1.165) is 25.6 Å². The van der Waals surface area contributed by atoms with E-state index in [1.807, 2.05) is 36.9 Å². The third kappa shape index (κ3) is 3.20. The van der Waals surface area contributed by atoms with Gasteiger partial charge in [0.05, 0.1) is 0 Å². The molecule has 0 amide bonds. The topological polar surface area (TPSA) is 45.2 Å². The fourth-order valence-corrected chi connectivity index (χ4v) is 4.08. The molecule has 1 unspecified atom stereocenters. The van der Waals surface area contributed by atoms with E-state index in [-0.39, 0.29) is 0 Å². The van der Waals surface area contributed by atoms with E-state index in [9.17, 15) is 0 Å². The lowest BCUT2D eigenvalue weighted by molar-refractivity contribution is 0.215. The number of anilines is 1. The van der Waals surface area contributed by atoms with Crippen LogP contribution in [0.25, 0.3) is 0 Å². The molecule has 0 aliphatic carbocycles. The van der Waals surface area contributed by atoms with Gasteiger partial charge in [0.2, 0.25) is 5.95 Å². The quantitative estimate of drug-likeness (QED) is 0.871. The first-order valence-electron chi connectivity index (χ1n) is 8.46. The summed E-state index contributed by atoms with van der Waals surface area (Å²) in [5.41, 5.74) is 1.71. The minimum atomic E-state index is 0.402. The van der Waals surface area contributed by atoms with Crippen LogP contribution in [0.4, 0.5) is 5.95 Å². The number of likely N-dealkylation sites (tertiary alicyclic amines) is 1. The van der Waals surface area contributed by atoms with E-state index in [1.54, 1.807) is 0 Å². The molecule has 5 nitrogen and oxygen atoms in total. The lowest BCUT2D eigenvalue weighted by atomic mass is 9.79. The Morgan fingerprint density at radius 1 is 1.00 bits per heavy atom. The molecule has 2 aliphatic heterocycles. The maximum atomic E-state index is 4.44. The fraction of sp³-hybridized carbons (Fsp3) is 0.500. The first-order valence-corrected chi connectivity index (χ1v) is 8.46. The molecule has 0 saturated carbocycles.